The fourth-order valence-electron chi connectivity index (χ4n) is 0.882. The number of carboxylic acid groups (broad SMARTS) is 1. The first-order valence-electron chi connectivity index (χ1n) is 4.39. The third-order valence-electron chi connectivity index (χ3n) is 1.56. The first-order chi connectivity index (χ1) is 6.66. The maximum Gasteiger partial charge on any atom is 0.322 e. The lowest BCUT2D eigenvalue weighted by atomic mass is 10.2. The molecule has 0 rings (SSSR count). The summed E-state index contributed by atoms with van der Waals surface area (Å²) >= 11 is 0. The number of carbonyl (C=O) groups excluding carboxylic acids is 1. The lowest BCUT2D eigenvalue weighted by Crippen LogP contribution is -2.28. The molecule has 0 saturated heterocycles. The summed E-state index contributed by atoms with van der Waals surface area (Å²) in [6.07, 6.45) is 2.11. The van der Waals surface area contributed by atoms with Crippen molar-refractivity contribution >= 4 is 11.9 Å². The Morgan fingerprint density at radius 1 is 1.29 bits per heavy atom. The predicted octanol–water partition coefficient (Wildman–Crippen LogP) is 0.649. The van der Waals surface area contributed by atoms with Crippen molar-refractivity contribution in [2.45, 2.75) is 25.7 Å². The van der Waals surface area contributed by atoms with Gasteiger partial charge in [-0.3, -0.25) is 9.59 Å². The molecule has 0 aliphatic heterocycles. The normalized spacial score (nSPS) is 9.79. The van der Waals surface area contributed by atoms with Crippen LogP contribution in [0.25, 0.3) is 0 Å². The number of hydrogen-bond donors (Lipinski definition) is 2. The van der Waals surface area contributed by atoms with Gasteiger partial charge in [0.25, 0.3) is 0 Å². The van der Waals surface area contributed by atoms with E-state index in [0.29, 0.717) is 19.3 Å². The largest absolute Gasteiger partial charge is 0.480 e. The molecule has 6 heteroatoms. The van der Waals surface area contributed by atoms with Gasteiger partial charge in [0.1, 0.15) is 6.54 Å². The van der Waals surface area contributed by atoms with Crippen LogP contribution in [-0.2, 0) is 14.5 Å². The quantitative estimate of drug-likeness (QED) is 0.573. The molecule has 0 bridgehead atoms. The van der Waals surface area contributed by atoms with Gasteiger partial charge in [-0.25, -0.2) is 0 Å². The monoisotopic (exact) mass is 207 g/mol. The van der Waals surface area contributed by atoms with E-state index in [9.17, 15) is 14.1 Å². The minimum absolute atomic E-state index is 0.0384. The van der Waals surface area contributed by atoms with E-state index in [2.05, 4.69) is 10.3 Å². The molecule has 0 aliphatic rings. The van der Waals surface area contributed by atoms with Gasteiger partial charge in [0, 0.05) is 6.42 Å². The molecular formula is C8H14FNO4. The minimum atomic E-state index is -1.07. The van der Waals surface area contributed by atoms with Crippen LogP contribution in [0.3, 0.4) is 0 Å². The summed E-state index contributed by atoms with van der Waals surface area (Å²) in [6, 6.07) is 0. The smallest absolute Gasteiger partial charge is 0.322 e. The second-order valence-corrected chi connectivity index (χ2v) is 2.79. The average Bonchev–Trinajstić information content (AvgIpc) is 2.14. The molecule has 0 aromatic rings. The highest BCUT2D eigenvalue weighted by molar-refractivity contribution is 5.80. The first-order valence-corrected chi connectivity index (χ1v) is 4.39. The summed E-state index contributed by atoms with van der Waals surface area (Å²) < 4.78 is 11.1. The Labute approximate surface area is 81.1 Å². The lowest BCUT2D eigenvalue weighted by molar-refractivity contribution is -0.138. The summed E-state index contributed by atoms with van der Waals surface area (Å²) in [4.78, 5) is 24.3. The predicted molar refractivity (Wildman–Crippen MR) is 46.2 cm³/mol. The van der Waals surface area contributed by atoms with Crippen LogP contribution in [0.2, 0.25) is 0 Å². The van der Waals surface area contributed by atoms with Crippen LogP contribution in [0.1, 0.15) is 25.7 Å². The zero-order valence-electron chi connectivity index (χ0n) is 7.79. The number of carboxylic acids is 1. The van der Waals surface area contributed by atoms with E-state index in [-0.39, 0.29) is 25.5 Å². The Hall–Kier alpha value is -1.17. The Morgan fingerprint density at radius 2 is 2.00 bits per heavy atom. The summed E-state index contributed by atoms with van der Waals surface area (Å²) in [5.74, 6) is -1.36. The summed E-state index contributed by atoms with van der Waals surface area (Å²) in [5, 5.41) is 10.5. The van der Waals surface area contributed by atoms with E-state index >= 15 is 0 Å². The number of unbranched alkanes of at least 4 members (excludes halogenated alkanes) is 2. The minimum Gasteiger partial charge on any atom is -0.480 e. The van der Waals surface area contributed by atoms with Gasteiger partial charge >= 0.3 is 5.97 Å². The van der Waals surface area contributed by atoms with Gasteiger partial charge in [-0.1, -0.05) is 6.42 Å². The maximum atomic E-state index is 11.1. The van der Waals surface area contributed by atoms with Crippen molar-refractivity contribution in [2.24, 2.45) is 0 Å². The molecule has 0 radical (unpaired) electrons. The zero-order chi connectivity index (χ0) is 10.8. The molecular weight excluding hydrogens is 193 g/mol. The van der Waals surface area contributed by atoms with Crippen molar-refractivity contribution in [1.82, 2.24) is 5.32 Å². The van der Waals surface area contributed by atoms with E-state index < -0.39 is 5.97 Å². The molecule has 0 atom stereocenters. The lowest BCUT2D eigenvalue weighted by Gasteiger charge is -2.01. The van der Waals surface area contributed by atoms with Crippen LogP contribution >= 0.6 is 0 Å². The molecule has 0 unspecified atom stereocenters. The van der Waals surface area contributed by atoms with Crippen molar-refractivity contribution in [3.63, 3.8) is 0 Å². The molecule has 1 amide bonds. The molecule has 0 spiro atoms. The van der Waals surface area contributed by atoms with Gasteiger partial charge in [-0.15, -0.1) is 0 Å². The number of aliphatic carboxylic acids is 1. The number of rotatable bonds is 8. The third-order valence-corrected chi connectivity index (χ3v) is 1.56. The van der Waals surface area contributed by atoms with E-state index in [1.165, 1.54) is 0 Å². The number of amides is 1. The van der Waals surface area contributed by atoms with Gasteiger partial charge in [0.2, 0.25) is 5.91 Å². The first kappa shape index (κ1) is 12.8. The zero-order valence-corrected chi connectivity index (χ0v) is 7.79. The van der Waals surface area contributed by atoms with Crippen molar-refractivity contribution in [3.05, 3.63) is 0 Å². The molecule has 2 N–H and O–H groups in total. The number of nitrogens with one attached hydrogen (secondary N) is 1. The highest BCUT2D eigenvalue weighted by Crippen LogP contribution is 1.99. The topological polar surface area (TPSA) is 75.6 Å². The van der Waals surface area contributed by atoms with E-state index in [0.717, 1.165) is 0 Å². The molecule has 0 saturated carbocycles. The van der Waals surface area contributed by atoms with Gasteiger partial charge in [-0.05, 0) is 17.4 Å². The molecule has 0 fully saturated rings. The van der Waals surface area contributed by atoms with Crippen LogP contribution in [0.4, 0.5) is 4.53 Å². The van der Waals surface area contributed by atoms with Crippen molar-refractivity contribution in [1.29, 1.82) is 0 Å². The van der Waals surface area contributed by atoms with E-state index in [4.69, 9.17) is 5.11 Å². The van der Waals surface area contributed by atoms with Crippen LogP contribution in [-0.4, -0.2) is 30.1 Å². The van der Waals surface area contributed by atoms with Gasteiger partial charge < -0.3 is 10.4 Å². The third kappa shape index (κ3) is 8.92. The average molecular weight is 207 g/mol. The highest BCUT2D eigenvalue weighted by Gasteiger charge is 2.02. The van der Waals surface area contributed by atoms with Crippen LogP contribution < -0.4 is 5.32 Å². The Kier molecular flexibility index (Phi) is 7.72. The van der Waals surface area contributed by atoms with Gasteiger partial charge in [0.15, 0.2) is 0 Å². The SMILES string of the molecule is O=C(O)CNC(=O)CCCCCOF. The molecule has 14 heavy (non-hydrogen) atoms. The molecule has 5 nitrogen and oxygen atoms in total. The van der Waals surface area contributed by atoms with E-state index in [1.807, 2.05) is 0 Å². The standard InChI is InChI=1S/C8H14FNO4/c9-14-5-3-1-2-4-7(11)10-6-8(12)13/h1-6H2,(H,10,11)(H,12,13). The Bertz CT molecular complexity index is 186. The summed E-state index contributed by atoms with van der Waals surface area (Å²) in [5.41, 5.74) is 0. The number of halogens is 1. The second-order valence-electron chi connectivity index (χ2n) is 2.79. The van der Waals surface area contributed by atoms with Gasteiger partial charge in [-0.2, -0.15) is 4.94 Å². The summed E-state index contributed by atoms with van der Waals surface area (Å²) in [7, 11) is 0. The van der Waals surface area contributed by atoms with Crippen molar-refractivity contribution in [2.75, 3.05) is 13.2 Å². The van der Waals surface area contributed by atoms with Crippen molar-refractivity contribution < 1.29 is 24.2 Å². The fourth-order valence-corrected chi connectivity index (χ4v) is 0.882. The van der Waals surface area contributed by atoms with Gasteiger partial charge in [0.05, 0.1) is 6.61 Å². The molecule has 82 valence electrons. The van der Waals surface area contributed by atoms with Crippen LogP contribution in [0.5, 0.6) is 0 Å². The number of hydrogen-bond acceptors (Lipinski definition) is 3. The highest BCUT2D eigenvalue weighted by atomic mass is 19.3. The molecule has 0 aromatic heterocycles. The summed E-state index contributed by atoms with van der Waals surface area (Å²) in [6.45, 7) is -0.316. The van der Waals surface area contributed by atoms with Crippen molar-refractivity contribution in [3.8, 4) is 0 Å². The fraction of sp³-hybridized carbons (Fsp3) is 0.750. The second kappa shape index (κ2) is 8.43. The van der Waals surface area contributed by atoms with Crippen LogP contribution in [0.15, 0.2) is 0 Å². The van der Waals surface area contributed by atoms with Crippen LogP contribution in [0, 0.1) is 0 Å². The van der Waals surface area contributed by atoms with E-state index in [1.54, 1.807) is 0 Å². The molecule has 0 heterocycles. The Morgan fingerprint density at radius 3 is 2.57 bits per heavy atom. The number of carbonyl (C=O) groups is 2. The maximum absolute atomic E-state index is 11.1. The Balaban J connectivity index is 3.22. The molecule has 0 aromatic carbocycles. The molecule has 0 aliphatic carbocycles.